The van der Waals surface area contributed by atoms with Crippen LogP contribution in [-0.4, -0.2) is 20.0 Å². The number of anilines is 2. The van der Waals surface area contributed by atoms with Crippen LogP contribution in [0.2, 0.25) is 0 Å². The van der Waals surface area contributed by atoms with Crippen LogP contribution < -0.4 is 15.5 Å². The van der Waals surface area contributed by atoms with Gasteiger partial charge in [0.15, 0.2) is 0 Å². The summed E-state index contributed by atoms with van der Waals surface area (Å²) in [5.74, 6) is 0.0647. The first-order valence-electron chi connectivity index (χ1n) is 7.62. The zero-order valence-corrected chi connectivity index (χ0v) is 13.6. The van der Waals surface area contributed by atoms with E-state index in [0.717, 1.165) is 34.7 Å². The molecule has 22 heavy (non-hydrogen) atoms. The zero-order chi connectivity index (χ0) is 15.3. The third kappa shape index (κ3) is 2.08. The van der Waals surface area contributed by atoms with Gasteiger partial charge in [0, 0.05) is 24.7 Å². The molecule has 0 spiro atoms. The Morgan fingerprint density at radius 1 is 1.14 bits per heavy atom. The van der Waals surface area contributed by atoms with E-state index >= 15 is 0 Å². The molecule has 2 heterocycles. The van der Waals surface area contributed by atoms with Gasteiger partial charge in [-0.25, -0.2) is 0 Å². The van der Waals surface area contributed by atoms with Gasteiger partial charge in [-0.05, 0) is 42.5 Å². The van der Waals surface area contributed by atoms with Gasteiger partial charge in [-0.2, -0.15) is 0 Å². The van der Waals surface area contributed by atoms with Crippen molar-refractivity contribution in [3.63, 3.8) is 0 Å². The minimum atomic E-state index is -0.144. The second kappa shape index (κ2) is 5.02. The quantitative estimate of drug-likeness (QED) is 0.895. The van der Waals surface area contributed by atoms with Crippen molar-refractivity contribution in [1.82, 2.24) is 5.32 Å². The monoisotopic (exact) mass is 313 g/mol. The van der Waals surface area contributed by atoms with Crippen LogP contribution in [0.4, 0.5) is 10.7 Å². The maximum absolute atomic E-state index is 12.5. The number of thiophene rings is 1. The van der Waals surface area contributed by atoms with Crippen molar-refractivity contribution in [3.8, 4) is 0 Å². The number of nitrogens with one attached hydrogen (secondary N) is 2. The molecule has 2 aliphatic rings. The summed E-state index contributed by atoms with van der Waals surface area (Å²) >= 11 is 1.75. The Kier molecular flexibility index (Phi) is 3.11. The Labute approximate surface area is 134 Å². The summed E-state index contributed by atoms with van der Waals surface area (Å²) in [4.78, 5) is 16.0. The first kappa shape index (κ1) is 13.6. The number of hydrogen-bond acceptors (Lipinski definition) is 4. The molecule has 1 aromatic carbocycles. The van der Waals surface area contributed by atoms with Gasteiger partial charge in [-0.15, -0.1) is 11.3 Å². The van der Waals surface area contributed by atoms with Crippen LogP contribution in [-0.2, 0) is 12.8 Å². The van der Waals surface area contributed by atoms with E-state index in [1.807, 2.05) is 14.1 Å². The fraction of sp³-hybridized carbons (Fsp3) is 0.353. The number of carbonyl (C=O) groups is 1. The van der Waals surface area contributed by atoms with Gasteiger partial charge in [0.1, 0.15) is 11.2 Å². The molecule has 5 heteroatoms. The smallest absolute Gasteiger partial charge is 0.256 e. The number of nitrogens with zero attached hydrogens (tertiary/aromatic N) is 1. The highest BCUT2D eigenvalue weighted by atomic mass is 32.1. The maximum atomic E-state index is 12.5. The summed E-state index contributed by atoms with van der Waals surface area (Å²) in [5, 5.41) is 7.63. The molecular formula is C17H19N3OS. The molecule has 0 bridgehead atoms. The van der Waals surface area contributed by atoms with Crippen molar-refractivity contribution in [2.24, 2.45) is 0 Å². The fourth-order valence-electron chi connectivity index (χ4n) is 3.25. The molecule has 0 saturated heterocycles. The molecule has 1 aromatic heterocycles. The Bertz CT molecular complexity index is 733. The predicted octanol–water partition coefficient (Wildman–Crippen LogP) is 3.16. The summed E-state index contributed by atoms with van der Waals surface area (Å²) in [6, 6.07) is 8.29. The highest BCUT2D eigenvalue weighted by molar-refractivity contribution is 7.16. The lowest BCUT2D eigenvalue weighted by Gasteiger charge is -2.27. The minimum absolute atomic E-state index is 0.0647. The van der Waals surface area contributed by atoms with Crippen molar-refractivity contribution in [2.45, 2.75) is 25.4 Å². The van der Waals surface area contributed by atoms with E-state index in [4.69, 9.17) is 0 Å². The molecular weight excluding hydrogens is 294 g/mol. The lowest BCUT2D eigenvalue weighted by atomic mass is 10.1. The Hall–Kier alpha value is -2.01. The molecule has 0 unspecified atom stereocenters. The molecule has 1 atom stereocenters. The molecule has 0 fully saturated rings. The molecule has 0 radical (unpaired) electrons. The molecule has 4 nitrogen and oxygen atoms in total. The fourth-order valence-corrected chi connectivity index (χ4v) is 4.56. The molecule has 4 rings (SSSR count). The first-order chi connectivity index (χ1) is 10.6. The highest BCUT2D eigenvalue weighted by Crippen LogP contribution is 2.42. The van der Waals surface area contributed by atoms with E-state index in [1.54, 1.807) is 11.3 Å². The molecule has 114 valence electrons. The number of aryl methyl sites for hydroxylation is 1. The third-order valence-corrected chi connectivity index (χ3v) is 5.67. The Morgan fingerprint density at radius 2 is 1.91 bits per heavy atom. The summed E-state index contributed by atoms with van der Waals surface area (Å²) < 4.78 is 0. The van der Waals surface area contributed by atoms with Gasteiger partial charge < -0.3 is 15.5 Å². The molecule has 2 aromatic rings. The van der Waals surface area contributed by atoms with Crippen molar-refractivity contribution < 1.29 is 4.79 Å². The topological polar surface area (TPSA) is 44.4 Å². The van der Waals surface area contributed by atoms with Crippen molar-refractivity contribution in [3.05, 3.63) is 45.8 Å². The number of carbonyl (C=O) groups excluding carboxylic acids is 1. The van der Waals surface area contributed by atoms with Crippen LogP contribution in [0.1, 0.15) is 38.9 Å². The molecule has 0 saturated carbocycles. The molecule has 1 amide bonds. The van der Waals surface area contributed by atoms with E-state index in [-0.39, 0.29) is 12.1 Å². The zero-order valence-electron chi connectivity index (χ0n) is 12.8. The van der Waals surface area contributed by atoms with Gasteiger partial charge in [0.05, 0.1) is 5.56 Å². The summed E-state index contributed by atoms with van der Waals surface area (Å²) in [6.07, 6.45) is 3.19. The van der Waals surface area contributed by atoms with Crippen LogP contribution >= 0.6 is 11.3 Å². The number of amides is 1. The lowest BCUT2D eigenvalue weighted by molar-refractivity contribution is 0.0935. The third-order valence-electron chi connectivity index (χ3n) is 4.44. The van der Waals surface area contributed by atoms with Crippen LogP contribution in [0, 0.1) is 0 Å². The first-order valence-corrected chi connectivity index (χ1v) is 8.44. The van der Waals surface area contributed by atoms with Gasteiger partial charge in [-0.1, -0.05) is 12.1 Å². The van der Waals surface area contributed by atoms with Crippen LogP contribution in [0.5, 0.6) is 0 Å². The van der Waals surface area contributed by atoms with E-state index in [2.05, 4.69) is 39.8 Å². The van der Waals surface area contributed by atoms with E-state index in [1.165, 1.54) is 16.9 Å². The Morgan fingerprint density at radius 3 is 2.64 bits per heavy atom. The minimum Gasteiger partial charge on any atom is -0.378 e. The standard InChI is InChI=1S/C17H19N3OS/c1-20(2)11-8-6-10(7-9-11)15-18-16(21)14-12-4-3-5-13(12)22-17(14)19-15/h6-9,15,19H,3-5H2,1-2H3,(H,18,21)/t15-/m1/s1. The van der Waals surface area contributed by atoms with Gasteiger partial charge in [0.25, 0.3) is 5.91 Å². The number of hydrogen-bond donors (Lipinski definition) is 2. The SMILES string of the molecule is CN(C)c1ccc([C@@H]2NC(=O)c3c(sc4c3CCC4)N2)cc1. The Balaban J connectivity index is 1.64. The van der Waals surface area contributed by atoms with Crippen LogP contribution in [0.3, 0.4) is 0 Å². The second-order valence-corrected chi connectivity index (χ2v) is 7.20. The summed E-state index contributed by atoms with van der Waals surface area (Å²) in [5.41, 5.74) is 4.39. The predicted molar refractivity (Wildman–Crippen MR) is 90.9 cm³/mol. The summed E-state index contributed by atoms with van der Waals surface area (Å²) in [6.45, 7) is 0. The maximum Gasteiger partial charge on any atom is 0.256 e. The van der Waals surface area contributed by atoms with E-state index in [9.17, 15) is 4.79 Å². The average Bonchev–Trinajstić information content (AvgIpc) is 3.07. The number of fused-ring (bicyclic) bond motifs is 3. The second-order valence-electron chi connectivity index (χ2n) is 6.10. The molecule has 1 aliphatic carbocycles. The van der Waals surface area contributed by atoms with E-state index in [0.29, 0.717) is 0 Å². The average molecular weight is 313 g/mol. The normalized spacial score (nSPS) is 19.2. The van der Waals surface area contributed by atoms with Crippen LogP contribution in [0.25, 0.3) is 0 Å². The largest absolute Gasteiger partial charge is 0.378 e. The van der Waals surface area contributed by atoms with Crippen molar-refractivity contribution in [2.75, 3.05) is 24.3 Å². The van der Waals surface area contributed by atoms with Gasteiger partial charge in [0.2, 0.25) is 0 Å². The van der Waals surface area contributed by atoms with Gasteiger partial charge >= 0.3 is 0 Å². The number of rotatable bonds is 2. The molecule has 1 aliphatic heterocycles. The van der Waals surface area contributed by atoms with Crippen molar-refractivity contribution >= 4 is 27.9 Å². The van der Waals surface area contributed by atoms with Crippen molar-refractivity contribution in [1.29, 1.82) is 0 Å². The lowest BCUT2D eigenvalue weighted by Crippen LogP contribution is -2.38. The van der Waals surface area contributed by atoms with Gasteiger partial charge in [-0.3, -0.25) is 4.79 Å². The highest BCUT2D eigenvalue weighted by Gasteiger charge is 2.32. The summed E-state index contributed by atoms with van der Waals surface area (Å²) in [7, 11) is 4.05. The van der Waals surface area contributed by atoms with Crippen LogP contribution in [0.15, 0.2) is 24.3 Å². The van der Waals surface area contributed by atoms with E-state index < -0.39 is 0 Å². The number of benzene rings is 1. The molecule has 2 N–H and O–H groups in total.